The summed E-state index contributed by atoms with van der Waals surface area (Å²) in [5, 5.41) is 6.79. The number of amides is 1. The lowest BCUT2D eigenvalue weighted by Crippen LogP contribution is -2.18. The molecule has 2 rings (SSSR count). The van der Waals surface area contributed by atoms with Gasteiger partial charge in [0.2, 0.25) is 0 Å². The van der Waals surface area contributed by atoms with Crippen molar-refractivity contribution in [2.45, 2.75) is 13.0 Å². The summed E-state index contributed by atoms with van der Waals surface area (Å²) in [5.74, 6) is -0.202. The number of hydrogen-bond donors (Lipinski definition) is 2. The molecule has 0 aliphatic heterocycles. The monoisotopic (exact) mass is 244 g/mol. The van der Waals surface area contributed by atoms with Crippen LogP contribution >= 0.6 is 0 Å². The molecule has 18 heavy (non-hydrogen) atoms. The first-order chi connectivity index (χ1) is 8.63. The molecular weight excluding hydrogens is 228 g/mol. The SMILES string of the molecule is CNC(=O)c1ccn(-c2ccccc2[C@@H](C)N)n1. The van der Waals surface area contributed by atoms with Gasteiger partial charge in [0.05, 0.1) is 5.69 Å². The van der Waals surface area contributed by atoms with Crippen LogP contribution in [0, 0.1) is 0 Å². The van der Waals surface area contributed by atoms with E-state index >= 15 is 0 Å². The quantitative estimate of drug-likeness (QED) is 0.853. The molecule has 0 radical (unpaired) electrons. The Hall–Kier alpha value is -2.14. The number of aromatic nitrogens is 2. The van der Waals surface area contributed by atoms with Crippen LogP contribution in [0.4, 0.5) is 0 Å². The van der Waals surface area contributed by atoms with Crippen LogP contribution in [-0.4, -0.2) is 22.7 Å². The molecule has 5 heteroatoms. The lowest BCUT2D eigenvalue weighted by molar-refractivity contribution is 0.0957. The molecule has 0 spiro atoms. The van der Waals surface area contributed by atoms with Gasteiger partial charge in [-0.15, -0.1) is 0 Å². The highest BCUT2D eigenvalue weighted by Gasteiger charge is 2.11. The zero-order chi connectivity index (χ0) is 13.1. The number of hydrogen-bond acceptors (Lipinski definition) is 3. The molecule has 1 aromatic carbocycles. The lowest BCUT2D eigenvalue weighted by atomic mass is 10.1. The van der Waals surface area contributed by atoms with Gasteiger partial charge in [-0.3, -0.25) is 4.79 Å². The van der Waals surface area contributed by atoms with E-state index in [-0.39, 0.29) is 11.9 Å². The first-order valence-corrected chi connectivity index (χ1v) is 5.76. The zero-order valence-electron chi connectivity index (χ0n) is 10.4. The molecule has 94 valence electrons. The molecule has 0 unspecified atom stereocenters. The fourth-order valence-corrected chi connectivity index (χ4v) is 1.79. The van der Waals surface area contributed by atoms with E-state index in [1.54, 1.807) is 24.0 Å². The van der Waals surface area contributed by atoms with E-state index in [1.807, 2.05) is 31.2 Å². The van der Waals surface area contributed by atoms with Crippen molar-refractivity contribution < 1.29 is 4.79 Å². The summed E-state index contributed by atoms with van der Waals surface area (Å²) >= 11 is 0. The Labute approximate surface area is 106 Å². The predicted molar refractivity (Wildman–Crippen MR) is 69.6 cm³/mol. The van der Waals surface area contributed by atoms with Gasteiger partial charge in [-0.1, -0.05) is 18.2 Å². The minimum atomic E-state index is -0.202. The fraction of sp³-hybridized carbons (Fsp3) is 0.231. The van der Waals surface area contributed by atoms with Crippen LogP contribution in [0.15, 0.2) is 36.5 Å². The van der Waals surface area contributed by atoms with Gasteiger partial charge in [0, 0.05) is 19.3 Å². The van der Waals surface area contributed by atoms with Crippen molar-refractivity contribution in [3.63, 3.8) is 0 Å². The molecule has 1 atom stereocenters. The Bertz CT molecular complexity index is 560. The van der Waals surface area contributed by atoms with Crippen LogP contribution in [-0.2, 0) is 0 Å². The Morgan fingerprint density at radius 2 is 2.11 bits per heavy atom. The number of nitrogens with zero attached hydrogens (tertiary/aromatic N) is 2. The second-order valence-electron chi connectivity index (χ2n) is 4.07. The second kappa shape index (κ2) is 5.01. The molecule has 2 aromatic rings. The van der Waals surface area contributed by atoms with Crippen molar-refractivity contribution >= 4 is 5.91 Å². The van der Waals surface area contributed by atoms with Gasteiger partial charge in [0.15, 0.2) is 5.69 Å². The molecule has 5 nitrogen and oxygen atoms in total. The molecule has 0 fully saturated rings. The third-order valence-electron chi connectivity index (χ3n) is 2.72. The van der Waals surface area contributed by atoms with E-state index < -0.39 is 0 Å². The maximum atomic E-state index is 11.5. The van der Waals surface area contributed by atoms with Crippen LogP contribution in [0.2, 0.25) is 0 Å². The second-order valence-corrected chi connectivity index (χ2v) is 4.07. The molecule has 0 bridgehead atoms. The van der Waals surface area contributed by atoms with Gasteiger partial charge >= 0.3 is 0 Å². The summed E-state index contributed by atoms with van der Waals surface area (Å²) in [5.41, 5.74) is 8.19. The average molecular weight is 244 g/mol. The molecule has 0 saturated heterocycles. The molecule has 0 aliphatic rings. The van der Waals surface area contributed by atoms with Crippen LogP contribution in [0.1, 0.15) is 29.0 Å². The summed E-state index contributed by atoms with van der Waals surface area (Å²) in [6, 6.07) is 9.33. The Morgan fingerprint density at radius 3 is 2.78 bits per heavy atom. The van der Waals surface area contributed by atoms with Crippen LogP contribution in [0.25, 0.3) is 5.69 Å². The number of rotatable bonds is 3. The zero-order valence-corrected chi connectivity index (χ0v) is 10.4. The third-order valence-corrected chi connectivity index (χ3v) is 2.72. The normalized spacial score (nSPS) is 12.2. The molecule has 0 aliphatic carbocycles. The lowest BCUT2D eigenvalue weighted by Gasteiger charge is -2.12. The number of nitrogens with two attached hydrogens (primary N) is 1. The van der Waals surface area contributed by atoms with Gasteiger partial charge < -0.3 is 11.1 Å². The Balaban J connectivity index is 2.43. The van der Waals surface area contributed by atoms with Crippen molar-refractivity contribution in [1.82, 2.24) is 15.1 Å². The molecule has 1 amide bonds. The summed E-state index contributed by atoms with van der Waals surface area (Å²) in [4.78, 5) is 11.5. The number of benzene rings is 1. The Kier molecular flexibility index (Phi) is 3.43. The summed E-state index contributed by atoms with van der Waals surface area (Å²) < 4.78 is 1.67. The van der Waals surface area contributed by atoms with E-state index in [0.29, 0.717) is 5.69 Å². The molecular formula is C13H16N4O. The number of carbonyl (C=O) groups is 1. The van der Waals surface area contributed by atoms with Crippen molar-refractivity contribution in [2.24, 2.45) is 5.73 Å². The van der Waals surface area contributed by atoms with Gasteiger partial charge in [0.25, 0.3) is 5.91 Å². The van der Waals surface area contributed by atoms with E-state index in [1.165, 1.54) is 0 Å². The van der Waals surface area contributed by atoms with Crippen LogP contribution in [0.3, 0.4) is 0 Å². The summed E-state index contributed by atoms with van der Waals surface area (Å²) in [6.45, 7) is 1.92. The minimum Gasteiger partial charge on any atom is -0.354 e. The Morgan fingerprint density at radius 1 is 1.39 bits per heavy atom. The largest absolute Gasteiger partial charge is 0.354 e. The standard InChI is InChI=1S/C13H16N4O/c1-9(14)10-5-3-4-6-12(10)17-8-7-11(16-17)13(18)15-2/h3-9H,14H2,1-2H3,(H,15,18)/t9-/m1/s1. The van der Waals surface area contributed by atoms with E-state index in [4.69, 9.17) is 5.73 Å². The third kappa shape index (κ3) is 2.26. The van der Waals surface area contributed by atoms with Gasteiger partial charge in [-0.2, -0.15) is 5.10 Å². The first-order valence-electron chi connectivity index (χ1n) is 5.76. The van der Waals surface area contributed by atoms with Crippen molar-refractivity contribution in [1.29, 1.82) is 0 Å². The highest BCUT2D eigenvalue weighted by Crippen LogP contribution is 2.19. The van der Waals surface area contributed by atoms with Gasteiger partial charge in [-0.25, -0.2) is 4.68 Å². The maximum absolute atomic E-state index is 11.5. The van der Waals surface area contributed by atoms with Crippen LogP contribution in [0.5, 0.6) is 0 Å². The molecule has 1 aromatic heterocycles. The highest BCUT2D eigenvalue weighted by molar-refractivity contribution is 5.91. The van der Waals surface area contributed by atoms with Crippen LogP contribution < -0.4 is 11.1 Å². The highest BCUT2D eigenvalue weighted by atomic mass is 16.1. The van der Waals surface area contributed by atoms with E-state index in [0.717, 1.165) is 11.3 Å². The molecule has 1 heterocycles. The molecule has 3 N–H and O–H groups in total. The fourth-order valence-electron chi connectivity index (χ4n) is 1.79. The smallest absolute Gasteiger partial charge is 0.271 e. The summed E-state index contributed by atoms with van der Waals surface area (Å²) in [6.07, 6.45) is 1.76. The topological polar surface area (TPSA) is 72.9 Å². The number of carbonyl (C=O) groups excluding carboxylic acids is 1. The summed E-state index contributed by atoms with van der Waals surface area (Å²) in [7, 11) is 1.58. The number of para-hydroxylation sites is 1. The van der Waals surface area contributed by atoms with Crippen molar-refractivity contribution in [2.75, 3.05) is 7.05 Å². The van der Waals surface area contributed by atoms with Crippen molar-refractivity contribution in [3.8, 4) is 5.69 Å². The molecule has 0 saturated carbocycles. The predicted octanol–water partition coefficient (Wildman–Crippen LogP) is 1.25. The first kappa shape index (κ1) is 12.3. The van der Waals surface area contributed by atoms with Gasteiger partial charge in [0.1, 0.15) is 0 Å². The minimum absolute atomic E-state index is 0.0890. The van der Waals surface area contributed by atoms with E-state index in [9.17, 15) is 4.79 Å². The number of nitrogens with one attached hydrogen (secondary N) is 1. The van der Waals surface area contributed by atoms with E-state index in [2.05, 4.69) is 10.4 Å². The maximum Gasteiger partial charge on any atom is 0.271 e. The van der Waals surface area contributed by atoms with Gasteiger partial charge in [-0.05, 0) is 24.6 Å². The van der Waals surface area contributed by atoms with Crippen molar-refractivity contribution in [3.05, 3.63) is 47.8 Å². The average Bonchev–Trinajstić information content (AvgIpc) is 2.87.